The highest BCUT2D eigenvalue weighted by Crippen LogP contribution is 2.58. The number of benzene rings is 2. The Balaban J connectivity index is 1.63. The topological polar surface area (TPSA) is 55.4 Å². The van der Waals surface area contributed by atoms with Crippen LogP contribution in [0, 0.1) is 5.41 Å². The van der Waals surface area contributed by atoms with Gasteiger partial charge < -0.3 is 27.1 Å². The molecule has 0 radical (unpaired) electrons. The summed E-state index contributed by atoms with van der Waals surface area (Å²) in [6, 6.07) is 10.1. The molecule has 2 fully saturated rings. The molecule has 4 rings (SSSR count). The van der Waals surface area contributed by atoms with Gasteiger partial charge in [0.2, 0.25) is 0 Å². The first kappa shape index (κ1) is 74.2. The Labute approximate surface area is 518 Å². The number of hydrogen-bond donors (Lipinski definition) is 0. The molecule has 0 bridgehead atoms. The smallest absolute Gasteiger partial charge is 0.397 e. The minimum Gasteiger partial charge on any atom is -0.426 e. The summed E-state index contributed by atoms with van der Waals surface area (Å²) in [7, 11) is -3.33. The van der Waals surface area contributed by atoms with E-state index in [9.17, 15) is 0 Å². The summed E-state index contributed by atoms with van der Waals surface area (Å²) in [5.74, 6) is 2.97. The summed E-state index contributed by atoms with van der Waals surface area (Å²) in [5.41, 5.74) is 7.44. The van der Waals surface area contributed by atoms with Gasteiger partial charge >= 0.3 is 17.2 Å². The van der Waals surface area contributed by atoms with E-state index in [1.807, 2.05) is 0 Å². The zero-order chi connectivity index (χ0) is 60.8. The van der Waals surface area contributed by atoms with Crippen LogP contribution in [0.2, 0.25) is 0 Å². The molecular weight excluding hydrogens is 1060 g/mol. The lowest BCUT2D eigenvalue weighted by atomic mass is 9.72. The minimum atomic E-state index is -1.66. The van der Waals surface area contributed by atoms with Crippen LogP contribution >= 0.6 is 17.2 Å². The van der Waals surface area contributed by atoms with Crippen molar-refractivity contribution in [2.24, 2.45) is 5.41 Å². The molecule has 1 spiro atoms. The highest BCUT2D eigenvalue weighted by atomic mass is 31.2. The summed E-state index contributed by atoms with van der Waals surface area (Å²) in [6.07, 6.45) is 45.9. The van der Waals surface area contributed by atoms with Crippen molar-refractivity contribution in [2.45, 2.75) is 375 Å². The first-order valence-electron chi connectivity index (χ1n) is 35.6. The Morgan fingerprint density at radius 1 is 0.349 bits per heavy atom. The van der Waals surface area contributed by atoms with Crippen molar-refractivity contribution in [3.05, 3.63) is 57.6 Å². The Bertz CT molecular complexity index is 1780. The molecule has 0 aliphatic carbocycles. The maximum atomic E-state index is 7.33. The van der Waals surface area contributed by atoms with Gasteiger partial charge in [0.1, 0.15) is 11.5 Å². The van der Waals surface area contributed by atoms with Crippen LogP contribution in [0.1, 0.15) is 387 Å². The van der Waals surface area contributed by atoms with Gasteiger partial charge in [-0.05, 0) is 83.1 Å². The molecule has 2 atom stereocenters. The summed E-state index contributed by atoms with van der Waals surface area (Å²) in [4.78, 5) is 0. The van der Waals surface area contributed by atoms with Gasteiger partial charge in [-0.15, -0.1) is 0 Å². The van der Waals surface area contributed by atoms with Crippen molar-refractivity contribution in [2.75, 3.05) is 26.4 Å². The third kappa shape index (κ3) is 25.3. The van der Waals surface area contributed by atoms with Crippen LogP contribution in [0.4, 0.5) is 0 Å². The standard InChI is InChI=1S/C75H134O6P2/c1-17-23-27-31-35-39-43-49-71(9,10)65-53-63(61(7)47-21-5)54-66(72(11,12)50-44-40-36-32-28-24-18-2)69(65)80-82-76-57-75(58-77-82)59-78-83(79-60-75)81-70-67(73(13,14)51-45-41-37-33-29-25-19-3)55-64(62(8)48-22-6)56-68(70)74(15,16)52-46-42-38-34-30-26-20-4/h53-56,61-62H,17-52,57-60H2,1-16H3. The van der Waals surface area contributed by atoms with E-state index < -0.39 is 22.6 Å². The fraction of sp³-hybridized carbons (Fsp3) is 0.840. The molecule has 83 heavy (non-hydrogen) atoms. The van der Waals surface area contributed by atoms with Crippen molar-refractivity contribution in [1.82, 2.24) is 0 Å². The molecule has 0 N–H and O–H groups in total. The quantitative estimate of drug-likeness (QED) is 0.0486. The molecule has 0 amide bonds. The van der Waals surface area contributed by atoms with E-state index in [0.29, 0.717) is 38.3 Å². The molecule has 2 aliphatic heterocycles. The maximum Gasteiger partial charge on any atom is 0.397 e. The molecule has 6 nitrogen and oxygen atoms in total. The average Bonchev–Trinajstić information content (AvgIpc) is 2.35. The van der Waals surface area contributed by atoms with E-state index in [1.165, 1.54) is 239 Å². The summed E-state index contributed by atoms with van der Waals surface area (Å²) in [5, 5.41) is 0. The van der Waals surface area contributed by atoms with Gasteiger partial charge in [-0.1, -0.05) is 328 Å². The molecule has 0 saturated carbocycles. The normalized spacial score (nSPS) is 18.9. The molecule has 8 heteroatoms. The molecule has 2 heterocycles. The van der Waals surface area contributed by atoms with Crippen molar-refractivity contribution < 1.29 is 27.1 Å². The SMILES string of the molecule is CCCCCCCCCC(C)(C)c1cc(C(C)CCC)cc(C(C)(C)CCCCCCCCC)c1OP1OCC2(CO1)COP(Oc1c(C(C)(C)CCCCCCCCC)cc(C(C)CCC)cc1C(C)(C)CCCCCCCCC)OC2. The fourth-order valence-corrected chi connectivity index (χ4v) is 15.8. The van der Waals surface area contributed by atoms with Crippen molar-refractivity contribution in [3.63, 3.8) is 0 Å². The second kappa shape index (κ2) is 39.0. The number of unbranched alkanes of at least 4 members (excludes halogenated alkanes) is 24. The van der Waals surface area contributed by atoms with Crippen molar-refractivity contribution >= 4 is 17.2 Å². The minimum absolute atomic E-state index is 0.0840. The molecule has 2 aromatic carbocycles. The van der Waals surface area contributed by atoms with Gasteiger partial charge in [0, 0.05) is 22.3 Å². The molecule has 2 aromatic rings. The molecule has 480 valence electrons. The third-order valence-electron chi connectivity index (χ3n) is 19.6. The van der Waals surface area contributed by atoms with E-state index >= 15 is 0 Å². The van der Waals surface area contributed by atoms with E-state index in [0.717, 1.165) is 37.2 Å². The van der Waals surface area contributed by atoms with Crippen LogP contribution in [0.3, 0.4) is 0 Å². The molecular formula is C75H134O6P2. The fourth-order valence-electron chi connectivity index (χ4n) is 13.3. The van der Waals surface area contributed by atoms with Crippen LogP contribution in [0.5, 0.6) is 11.5 Å². The Hall–Kier alpha value is -1.26. The lowest BCUT2D eigenvalue weighted by molar-refractivity contribution is -0.0674. The molecule has 2 aliphatic rings. The molecule has 2 unspecified atom stereocenters. The first-order chi connectivity index (χ1) is 39.7. The van der Waals surface area contributed by atoms with E-state index in [1.54, 1.807) is 0 Å². The van der Waals surface area contributed by atoms with E-state index in [4.69, 9.17) is 27.1 Å². The van der Waals surface area contributed by atoms with Gasteiger partial charge in [-0.3, -0.25) is 0 Å². The van der Waals surface area contributed by atoms with Gasteiger partial charge in [0.05, 0.1) is 31.8 Å². The molecule has 2 saturated heterocycles. The van der Waals surface area contributed by atoms with Crippen LogP contribution in [0.15, 0.2) is 24.3 Å². The largest absolute Gasteiger partial charge is 0.426 e. The summed E-state index contributed by atoms with van der Waals surface area (Å²) in [6.45, 7) is 40.3. The lowest BCUT2D eigenvalue weighted by Gasteiger charge is -2.42. The predicted molar refractivity (Wildman–Crippen MR) is 363 cm³/mol. The van der Waals surface area contributed by atoms with Crippen molar-refractivity contribution in [3.8, 4) is 11.5 Å². The van der Waals surface area contributed by atoms with E-state index in [2.05, 4.69) is 135 Å². The average molecular weight is 1190 g/mol. The highest BCUT2D eigenvalue weighted by Gasteiger charge is 2.47. The number of hydrogen-bond acceptors (Lipinski definition) is 6. The lowest BCUT2D eigenvalue weighted by Crippen LogP contribution is -2.45. The zero-order valence-corrected chi connectivity index (χ0v) is 59.4. The van der Waals surface area contributed by atoms with Gasteiger partial charge in [-0.2, -0.15) is 0 Å². The van der Waals surface area contributed by atoms with Gasteiger partial charge in [0.25, 0.3) is 0 Å². The Kier molecular flexibility index (Phi) is 34.9. The zero-order valence-electron chi connectivity index (χ0n) is 57.6. The van der Waals surface area contributed by atoms with Crippen LogP contribution in [0.25, 0.3) is 0 Å². The monoisotopic (exact) mass is 1190 g/mol. The Morgan fingerprint density at radius 2 is 0.566 bits per heavy atom. The Morgan fingerprint density at radius 3 is 0.783 bits per heavy atom. The first-order valence-corrected chi connectivity index (χ1v) is 37.8. The predicted octanol–water partition coefficient (Wildman–Crippen LogP) is 26.2. The highest BCUT2D eigenvalue weighted by molar-refractivity contribution is 7.42. The van der Waals surface area contributed by atoms with Crippen LogP contribution in [-0.2, 0) is 39.8 Å². The molecule has 0 aromatic heterocycles. The van der Waals surface area contributed by atoms with Crippen molar-refractivity contribution in [1.29, 1.82) is 0 Å². The summed E-state index contributed by atoms with van der Waals surface area (Å²) < 4.78 is 42.0. The third-order valence-corrected chi connectivity index (χ3v) is 21.6. The van der Waals surface area contributed by atoms with E-state index in [-0.39, 0.29) is 21.7 Å². The van der Waals surface area contributed by atoms with Gasteiger partial charge in [0.15, 0.2) is 0 Å². The summed E-state index contributed by atoms with van der Waals surface area (Å²) >= 11 is 0. The van der Waals surface area contributed by atoms with Crippen LogP contribution in [-0.4, -0.2) is 26.4 Å². The van der Waals surface area contributed by atoms with Crippen LogP contribution < -0.4 is 9.05 Å². The van der Waals surface area contributed by atoms with Gasteiger partial charge in [-0.25, -0.2) is 0 Å². The maximum absolute atomic E-state index is 7.33. The number of rotatable bonds is 46. The second-order valence-electron chi connectivity index (χ2n) is 29.5. The second-order valence-corrected chi connectivity index (χ2v) is 31.8.